The van der Waals surface area contributed by atoms with Gasteiger partial charge in [0.05, 0.1) is 17.0 Å². The summed E-state index contributed by atoms with van der Waals surface area (Å²) in [5.74, 6) is -0.677. The van der Waals surface area contributed by atoms with Crippen molar-refractivity contribution in [2.45, 2.75) is 18.3 Å². The van der Waals surface area contributed by atoms with Crippen LogP contribution in [-0.2, 0) is 11.3 Å². The molecule has 4 aromatic rings. The van der Waals surface area contributed by atoms with Crippen molar-refractivity contribution in [1.29, 1.82) is 0 Å². The van der Waals surface area contributed by atoms with Gasteiger partial charge in [0, 0.05) is 11.4 Å². The number of aromatic nitrogens is 2. The third kappa shape index (κ3) is 5.35. The molecule has 1 N–H and O–H groups in total. The van der Waals surface area contributed by atoms with Crippen LogP contribution in [-0.4, -0.2) is 27.8 Å². The topological polar surface area (TPSA) is 73.2 Å². The molecule has 0 atom stereocenters. The van der Waals surface area contributed by atoms with Gasteiger partial charge in [-0.15, -0.1) is 17.9 Å². The van der Waals surface area contributed by atoms with Gasteiger partial charge in [0.15, 0.2) is 5.16 Å². The summed E-state index contributed by atoms with van der Waals surface area (Å²) >= 11 is 2.44. The maximum atomic E-state index is 13.2. The van der Waals surface area contributed by atoms with E-state index >= 15 is 0 Å². The molecule has 34 heavy (non-hydrogen) atoms. The summed E-state index contributed by atoms with van der Waals surface area (Å²) in [4.78, 5) is 31.2. The van der Waals surface area contributed by atoms with Crippen molar-refractivity contribution in [2.24, 2.45) is 0 Å². The van der Waals surface area contributed by atoms with Crippen molar-refractivity contribution in [3.05, 3.63) is 83.7 Å². The summed E-state index contributed by atoms with van der Waals surface area (Å²) in [6.45, 7) is 0.928. The lowest BCUT2D eigenvalue weighted by Crippen LogP contribution is -2.23. The zero-order valence-electron chi connectivity index (χ0n) is 17.7. The highest BCUT2D eigenvalue weighted by molar-refractivity contribution is 7.99. The van der Waals surface area contributed by atoms with Gasteiger partial charge in [-0.2, -0.15) is 8.78 Å². The molecule has 2 aromatic carbocycles. The Kier molecular flexibility index (Phi) is 7.39. The number of hydrogen-bond acceptors (Lipinski definition) is 6. The fraction of sp³-hybridized carbons (Fsp3) is 0.125. The van der Waals surface area contributed by atoms with E-state index in [-0.39, 0.29) is 29.3 Å². The van der Waals surface area contributed by atoms with E-state index in [0.717, 1.165) is 22.2 Å². The molecule has 10 heteroatoms. The standard InChI is InChI=1S/C24H19F2N3O3S2/c1-2-12-29-22(31)21-17(13-19(34-21)15-8-4-3-5-9-15)28-24(29)33-14-20(30)27-16-10-6-7-11-18(16)32-23(25)26/h2-11,13,23H,1,12,14H2,(H,27,30). The molecule has 0 aliphatic heterocycles. The van der Waals surface area contributed by atoms with Crippen LogP contribution < -0.4 is 15.6 Å². The van der Waals surface area contributed by atoms with Gasteiger partial charge in [0.1, 0.15) is 10.4 Å². The van der Waals surface area contributed by atoms with Crippen LogP contribution >= 0.6 is 23.1 Å². The molecular formula is C24H19F2N3O3S2. The van der Waals surface area contributed by atoms with Crippen molar-refractivity contribution in [3.8, 4) is 16.2 Å². The van der Waals surface area contributed by atoms with E-state index < -0.39 is 12.5 Å². The highest BCUT2D eigenvalue weighted by Gasteiger charge is 2.17. The molecule has 0 aliphatic rings. The number of carbonyl (C=O) groups excluding carboxylic acids is 1. The molecule has 4 rings (SSSR count). The molecule has 0 fully saturated rings. The molecule has 6 nitrogen and oxygen atoms in total. The van der Waals surface area contributed by atoms with Gasteiger partial charge in [-0.05, 0) is 23.8 Å². The first-order chi connectivity index (χ1) is 16.5. The molecule has 0 spiro atoms. The number of thiophene rings is 1. The normalized spacial score (nSPS) is 11.0. The number of alkyl halides is 2. The quantitative estimate of drug-likeness (QED) is 0.183. The Morgan fingerprint density at radius 3 is 2.68 bits per heavy atom. The first-order valence-corrected chi connectivity index (χ1v) is 11.9. The molecule has 0 bridgehead atoms. The predicted octanol–water partition coefficient (Wildman–Crippen LogP) is 5.64. The average Bonchev–Trinajstić information content (AvgIpc) is 3.26. The highest BCUT2D eigenvalue weighted by Crippen LogP contribution is 2.32. The second kappa shape index (κ2) is 10.6. The third-order valence-electron chi connectivity index (χ3n) is 4.68. The van der Waals surface area contributed by atoms with Crippen LogP contribution in [0.5, 0.6) is 5.75 Å². The molecule has 1 amide bonds. The largest absolute Gasteiger partial charge is 0.433 e. The van der Waals surface area contributed by atoms with E-state index in [1.54, 1.807) is 12.1 Å². The van der Waals surface area contributed by atoms with Crippen LogP contribution in [0.3, 0.4) is 0 Å². The minimum Gasteiger partial charge on any atom is -0.433 e. The van der Waals surface area contributed by atoms with E-state index in [9.17, 15) is 18.4 Å². The average molecular weight is 500 g/mol. The minimum absolute atomic E-state index is 0.0895. The van der Waals surface area contributed by atoms with Crippen LogP contribution in [0.1, 0.15) is 0 Å². The lowest BCUT2D eigenvalue weighted by molar-refractivity contribution is -0.113. The highest BCUT2D eigenvalue weighted by atomic mass is 32.2. The molecule has 0 unspecified atom stereocenters. The zero-order valence-corrected chi connectivity index (χ0v) is 19.4. The predicted molar refractivity (Wildman–Crippen MR) is 132 cm³/mol. The maximum Gasteiger partial charge on any atom is 0.387 e. The molecule has 0 saturated heterocycles. The Morgan fingerprint density at radius 1 is 1.21 bits per heavy atom. The van der Waals surface area contributed by atoms with E-state index in [1.807, 2.05) is 36.4 Å². The van der Waals surface area contributed by atoms with Gasteiger partial charge in [-0.25, -0.2) is 4.98 Å². The second-order valence-electron chi connectivity index (χ2n) is 7.00. The first-order valence-electron chi connectivity index (χ1n) is 10.1. The Hall–Kier alpha value is -3.50. The van der Waals surface area contributed by atoms with Crippen molar-refractivity contribution in [3.63, 3.8) is 0 Å². The Balaban J connectivity index is 1.58. The summed E-state index contributed by atoms with van der Waals surface area (Å²) in [5.41, 5.74) is 1.45. The van der Waals surface area contributed by atoms with Crippen LogP contribution in [0.2, 0.25) is 0 Å². The van der Waals surface area contributed by atoms with Crippen LogP contribution in [0.15, 0.2) is 83.3 Å². The van der Waals surface area contributed by atoms with Crippen LogP contribution in [0, 0.1) is 0 Å². The number of allylic oxidation sites excluding steroid dienone is 1. The van der Waals surface area contributed by atoms with E-state index in [0.29, 0.717) is 15.4 Å². The van der Waals surface area contributed by atoms with Crippen molar-refractivity contribution < 1.29 is 18.3 Å². The number of halogens is 2. The SMILES string of the molecule is C=CCn1c(SCC(=O)Nc2ccccc2OC(F)F)nc2cc(-c3ccccc3)sc2c1=O. The Morgan fingerprint density at radius 2 is 1.94 bits per heavy atom. The number of fused-ring (bicyclic) bond motifs is 1. The molecule has 2 heterocycles. The lowest BCUT2D eigenvalue weighted by atomic mass is 10.2. The number of nitrogens with zero attached hydrogens (tertiary/aromatic N) is 2. The van der Waals surface area contributed by atoms with Gasteiger partial charge < -0.3 is 10.1 Å². The number of thioether (sulfide) groups is 1. The Bertz CT molecular complexity index is 1390. The molecule has 0 aliphatic carbocycles. The number of benzene rings is 2. The van der Waals surface area contributed by atoms with Crippen LogP contribution in [0.25, 0.3) is 20.7 Å². The third-order valence-corrected chi connectivity index (χ3v) is 6.82. The number of nitrogens with one attached hydrogen (secondary N) is 1. The van der Waals surface area contributed by atoms with Gasteiger partial charge in [-0.3, -0.25) is 14.2 Å². The summed E-state index contributed by atoms with van der Waals surface area (Å²) in [5, 5.41) is 2.93. The smallest absolute Gasteiger partial charge is 0.387 e. The minimum atomic E-state index is -3.01. The van der Waals surface area contributed by atoms with Crippen molar-refractivity contribution in [1.82, 2.24) is 9.55 Å². The summed E-state index contributed by atoms with van der Waals surface area (Å²) in [6, 6.07) is 17.5. The first kappa shape index (κ1) is 23.7. The fourth-order valence-electron chi connectivity index (χ4n) is 3.22. The fourth-order valence-corrected chi connectivity index (χ4v) is 5.08. The number of amides is 1. The zero-order chi connectivity index (χ0) is 24.1. The number of anilines is 1. The van der Waals surface area contributed by atoms with E-state index in [2.05, 4.69) is 21.6 Å². The van der Waals surface area contributed by atoms with Gasteiger partial charge in [0.25, 0.3) is 5.56 Å². The number of hydrogen-bond donors (Lipinski definition) is 1. The monoisotopic (exact) mass is 499 g/mol. The lowest BCUT2D eigenvalue weighted by Gasteiger charge is -2.12. The maximum absolute atomic E-state index is 13.2. The Labute approximate surface area is 201 Å². The number of ether oxygens (including phenoxy) is 1. The second-order valence-corrected chi connectivity index (χ2v) is 9.00. The number of rotatable bonds is 9. The summed E-state index contributed by atoms with van der Waals surface area (Å²) < 4.78 is 31.7. The molecular weight excluding hydrogens is 480 g/mol. The van der Waals surface area contributed by atoms with Gasteiger partial charge in [0.2, 0.25) is 5.91 Å². The number of para-hydroxylation sites is 2. The molecule has 0 saturated carbocycles. The van der Waals surface area contributed by atoms with Crippen molar-refractivity contribution in [2.75, 3.05) is 11.1 Å². The van der Waals surface area contributed by atoms with Gasteiger partial charge >= 0.3 is 6.61 Å². The van der Waals surface area contributed by atoms with E-state index in [1.165, 1.54) is 34.1 Å². The molecule has 174 valence electrons. The molecule has 0 radical (unpaired) electrons. The van der Waals surface area contributed by atoms with Crippen LogP contribution in [0.4, 0.5) is 14.5 Å². The van der Waals surface area contributed by atoms with Gasteiger partial charge in [-0.1, -0.05) is 60.3 Å². The summed E-state index contributed by atoms with van der Waals surface area (Å²) in [6.07, 6.45) is 1.59. The van der Waals surface area contributed by atoms with Crippen molar-refractivity contribution >= 4 is 44.9 Å². The van der Waals surface area contributed by atoms with E-state index in [4.69, 9.17) is 0 Å². The summed E-state index contributed by atoms with van der Waals surface area (Å²) in [7, 11) is 0. The molecule has 2 aromatic heterocycles. The number of carbonyl (C=O) groups is 1.